The van der Waals surface area contributed by atoms with E-state index in [4.69, 9.17) is 16.3 Å². The van der Waals surface area contributed by atoms with E-state index < -0.39 is 18.6 Å². The maximum absolute atomic E-state index is 12.4. The molecule has 0 atom stereocenters. The van der Waals surface area contributed by atoms with E-state index in [1.54, 1.807) is 18.2 Å². The smallest absolute Gasteiger partial charge is 0.406 e. The second-order valence-corrected chi connectivity index (χ2v) is 4.91. The number of halogens is 4. The highest BCUT2D eigenvalue weighted by molar-refractivity contribution is 6.18. The van der Waals surface area contributed by atoms with E-state index >= 15 is 0 Å². The molecule has 1 aromatic carbocycles. The Morgan fingerprint density at radius 2 is 2.10 bits per heavy atom. The zero-order valence-corrected chi connectivity index (χ0v) is 12.4. The van der Waals surface area contributed by atoms with Crippen molar-refractivity contribution in [3.63, 3.8) is 0 Å². The van der Waals surface area contributed by atoms with Crippen molar-refractivity contribution in [2.45, 2.75) is 19.5 Å². The summed E-state index contributed by atoms with van der Waals surface area (Å²) in [5.74, 6) is -0.0799. The first kappa shape index (κ1) is 17.6. The molecular weight excluding hydrogens is 307 g/mol. The number of hydrogen-bond donors (Lipinski definition) is 0. The Hall–Kier alpha value is -1.43. The third-order valence-corrected chi connectivity index (χ3v) is 2.82. The number of hydrogen-bond acceptors (Lipinski definition) is 2. The Bertz CT molecular complexity index is 466. The molecule has 0 aromatic heterocycles. The summed E-state index contributed by atoms with van der Waals surface area (Å²) < 4.78 is 42.4. The maximum Gasteiger partial charge on any atom is 0.406 e. The number of aryl methyl sites for hydroxylation is 1. The van der Waals surface area contributed by atoms with Gasteiger partial charge in [0.15, 0.2) is 0 Å². The van der Waals surface area contributed by atoms with E-state index in [-0.39, 0.29) is 25.5 Å². The van der Waals surface area contributed by atoms with Gasteiger partial charge in [-0.1, -0.05) is 12.1 Å². The van der Waals surface area contributed by atoms with Crippen molar-refractivity contribution >= 4 is 17.5 Å². The number of rotatable bonds is 7. The fraction of sp³-hybridized carbons (Fsp3) is 0.500. The van der Waals surface area contributed by atoms with Gasteiger partial charge in [0.25, 0.3) is 0 Å². The van der Waals surface area contributed by atoms with Gasteiger partial charge >= 0.3 is 6.18 Å². The maximum atomic E-state index is 12.4. The molecule has 0 bridgehead atoms. The van der Waals surface area contributed by atoms with Crippen molar-refractivity contribution in [2.24, 2.45) is 0 Å². The predicted molar refractivity (Wildman–Crippen MR) is 74.6 cm³/mol. The summed E-state index contributed by atoms with van der Waals surface area (Å²) in [4.78, 5) is 12.5. The average Bonchev–Trinajstić information content (AvgIpc) is 2.36. The Morgan fingerprint density at radius 1 is 1.38 bits per heavy atom. The first-order chi connectivity index (χ1) is 9.81. The van der Waals surface area contributed by atoms with Gasteiger partial charge in [-0.3, -0.25) is 4.79 Å². The van der Waals surface area contributed by atoms with Crippen molar-refractivity contribution in [3.8, 4) is 5.75 Å². The van der Waals surface area contributed by atoms with E-state index in [1.165, 1.54) is 0 Å². The van der Waals surface area contributed by atoms with Crippen LogP contribution in [0.5, 0.6) is 5.75 Å². The van der Waals surface area contributed by atoms with Gasteiger partial charge in [-0.15, -0.1) is 11.6 Å². The minimum Gasteiger partial charge on any atom is -0.493 e. The zero-order chi connectivity index (χ0) is 15.9. The monoisotopic (exact) mass is 323 g/mol. The SMILES string of the molecule is Cc1cccc(OCCC(=O)N(CCCl)CC(F)(F)F)c1. The average molecular weight is 324 g/mol. The molecule has 0 heterocycles. The summed E-state index contributed by atoms with van der Waals surface area (Å²) in [7, 11) is 0. The van der Waals surface area contributed by atoms with Crippen LogP contribution in [0.2, 0.25) is 0 Å². The number of ether oxygens (including phenoxy) is 1. The summed E-state index contributed by atoms with van der Waals surface area (Å²) in [5, 5.41) is 0. The molecule has 3 nitrogen and oxygen atoms in total. The largest absolute Gasteiger partial charge is 0.493 e. The van der Waals surface area contributed by atoms with Gasteiger partial charge in [-0.05, 0) is 24.6 Å². The Labute approximate surface area is 126 Å². The van der Waals surface area contributed by atoms with E-state index in [9.17, 15) is 18.0 Å². The van der Waals surface area contributed by atoms with Crippen LogP contribution < -0.4 is 4.74 Å². The second kappa shape index (κ2) is 8.12. The van der Waals surface area contributed by atoms with Crippen LogP contribution in [0.15, 0.2) is 24.3 Å². The summed E-state index contributed by atoms with van der Waals surface area (Å²) in [5.41, 5.74) is 1.000. The fourth-order valence-electron chi connectivity index (χ4n) is 1.73. The van der Waals surface area contributed by atoms with Crippen LogP contribution in [0, 0.1) is 6.92 Å². The molecule has 0 aliphatic carbocycles. The molecule has 0 aliphatic heterocycles. The summed E-state index contributed by atoms with van der Waals surface area (Å²) in [6.07, 6.45) is -4.56. The third kappa shape index (κ3) is 7.22. The lowest BCUT2D eigenvalue weighted by Gasteiger charge is -2.23. The molecular formula is C14H17ClF3NO2. The number of benzene rings is 1. The molecule has 21 heavy (non-hydrogen) atoms. The molecule has 0 aliphatic rings. The van der Waals surface area contributed by atoms with Gasteiger partial charge < -0.3 is 9.64 Å². The van der Waals surface area contributed by atoms with Gasteiger partial charge in [0, 0.05) is 12.4 Å². The molecule has 0 saturated carbocycles. The van der Waals surface area contributed by atoms with E-state index in [1.807, 2.05) is 13.0 Å². The first-order valence-corrected chi connectivity index (χ1v) is 6.95. The van der Waals surface area contributed by atoms with Crippen molar-refractivity contribution < 1.29 is 22.7 Å². The van der Waals surface area contributed by atoms with Gasteiger partial charge in [0.2, 0.25) is 5.91 Å². The van der Waals surface area contributed by atoms with Crippen LogP contribution in [0.4, 0.5) is 13.2 Å². The zero-order valence-electron chi connectivity index (χ0n) is 11.6. The standard InChI is InChI=1S/C14H17ClF3NO2/c1-11-3-2-4-12(9-11)21-8-5-13(20)19(7-6-15)10-14(16,17)18/h2-4,9H,5-8,10H2,1H3. The van der Waals surface area contributed by atoms with Crippen LogP contribution in [0.1, 0.15) is 12.0 Å². The summed E-state index contributed by atoms with van der Waals surface area (Å²) in [6, 6.07) is 7.21. The van der Waals surface area contributed by atoms with Gasteiger partial charge in [-0.25, -0.2) is 0 Å². The van der Waals surface area contributed by atoms with Crippen molar-refractivity contribution in [1.82, 2.24) is 4.90 Å². The molecule has 1 amide bonds. The fourth-order valence-corrected chi connectivity index (χ4v) is 1.93. The molecule has 0 radical (unpaired) electrons. The molecule has 0 fully saturated rings. The highest BCUT2D eigenvalue weighted by Gasteiger charge is 2.32. The lowest BCUT2D eigenvalue weighted by Crippen LogP contribution is -2.40. The Morgan fingerprint density at radius 3 is 2.67 bits per heavy atom. The van der Waals surface area contributed by atoms with E-state index in [2.05, 4.69) is 0 Å². The lowest BCUT2D eigenvalue weighted by molar-refractivity contribution is -0.161. The quantitative estimate of drug-likeness (QED) is 0.720. The molecule has 1 aromatic rings. The van der Waals surface area contributed by atoms with Crippen LogP contribution in [-0.4, -0.2) is 42.6 Å². The predicted octanol–water partition coefficient (Wildman–Crippen LogP) is 3.39. The second-order valence-electron chi connectivity index (χ2n) is 4.53. The van der Waals surface area contributed by atoms with Crippen molar-refractivity contribution in [3.05, 3.63) is 29.8 Å². The van der Waals surface area contributed by atoms with Crippen LogP contribution in [0.25, 0.3) is 0 Å². The lowest BCUT2D eigenvalue weighted by atomic mass is 10.2. The number of amides is 1. The highest BCUT2D eigenvalue weighted by Crippen LogP contribution is 2.17. The van der Waals surface area contributed by atoms with Gasteiger partial charge in [0.1, 0.15) is 12.3 Å². The van der Waals surface area contributed by atoms with Crippen LogP contribution >= 0.6 is 11.6 Å². The molecule has 118 valence electrons. The minimum absolute atomic E-state index is 0.0267. The van der Waals surface area contributed by atoms with Gasteiger partial charge in [0.05, 0.1) is 13.0 Å². The molecule has 1 rings (SSSR count). The van der Waals surface area contributed by atoms with E-state index in [0.717, 1.165) is 5.56 Å². The number of carbonyl (C=O) groups is 1. The molecule has 7 heteroatoms. The first-order valence-electron chi connectivity index (χ1n) is 6.42. The summed E-state index contributed by atoms with van der Waals surface area (Å²) >= 11 is 5.42. The number of nitrogens with zero attached hydrogens (tertiary/aromatic N) is 1. The number of carbonyl (C=O) groups excluding carboxylic acids is 1. The number of alkyl halides is 4. The minimum atomic E-state index is -4.43. The van der Waals surface area contributed by atoms with E-state index in [0.29, 0.717) is 10.6 Å². The molecule has 0 N–H and O–H groups in total. The molecule has 0 unspecified atom stereocenters. The molecule has 0 spiro atoms. The van der Waals surface area contributed by atoms with Crippen LogP contribution in [0.3, 0.4) is 0 Å². The third-order valence-electron chi connectivity index (χ3n) is 2.65. The Kier molecular flexibility index (Phi) is 6.81. The Balaban J connectivity index is 2.46. The topological polar surface area (TPSA) is 29.5 Å². The summed E-state index contributed by atoms with van der Waals surface area (Å²) in [6.45, 7) is 0.496. The van der Waals surface area contributed by atoms with Crippen LogP contribution in [-0.2, 0) is 4.79 Å². The van der Waals surface area contributed by atoms with Crippen molar-refractivity contribution in [1.29, 1.82) is 0 Å². The van der Waals surface area contributed by atoms with Gasteiger partial charge in [-0.2, -0.15) is 13.2 Å². The van der Waals surface area contributed by atoms with Crippen molar-refractivity contribution in [2.75, 3.05) is 25.6 Å². The normalized spacial score (nSPS) is 11.3. The highest BCUT2D eigenvalue weighted by atomic mass is 35.5. The molecule has 0 saturated heterocycles.